The van der Waals surface area contributed by atoms with Gasteiger partial charge < -0.3 is 10.4 Å². The van der Waals surface area contributed by atoms with E-state index >= 15 is 0 Å². The van der Waals surface area contributed by atoms with Crippen LogP contribution in [-0.4, -0.2) is 23.0 Å². The predicted molar refractivity (Wildman–Crippen MR) is 70.6 cm³/mol. The van der Waals surface area contributed by atoms with E-state index in [1.54, 1.807) is 6.07 Å². The molecule has 1 atom stereocenters. The lowest BCUT2D eigenvalue weighted by atomic mass is 10.1. The van der Waals surface area contributed by atoms with Crippen LogP contribution in [0.1, 0.15) is 35.0 Å². The minimum absolute atomic E-state index is 0.329. The summed E-state index contributed by atoms with van der Waals surface area (Å²) in [6.45, 7) is 3.77. The highest BCUT2D eigenvalue weighted by atomic mass is 79.9. The van der Waals surface area contributed by atoms with E-state index in [1.807, 2.05) is 13.8 Å². The number of hydrogen-bond donors (Lipinski definition) is 2. The SMILES string of the molecule is CCC[C@H](NC(=O)c1cc(C)c(Br)s1)C(=O)O. The van der Waals surface area contributed by atoms with Gasteiger partial charge in [0.05, 0.1) is 8.66 Å². The van der Waals surface area contributed by atoms with Crippen molar-refractivity contribution in [2.75, 3.05) is 0 Å². The van der Waals surface area contributed by atoms with Crippen molar-refractivity contribution in [3.63, 3.8) is 0 Å². The van der Waals surface area contributed by atoms with Gasteiger partial charge in [0.25, 0.3) is 5.91 Å². The molecule has 0 unspecified atom stereocenters. The van der Waals surface area contributed by atoms with Crippen LogP contribution < -0.4 is 5.32 Å². The second-order valence-corrected chi connectivity index (χ2v) is 6.09. The number of rotatable bonds is 5. The van der Waals surface area contributed by atoms with Crippen molar-refractivity contribution in [3.05, 3.63) is 20.3 Å². The number of carbonyl (C=O) groups is 2. The van der Waals surface area contributed by atoms with Crippen LogP contribution in [0.25, 0.3) is 0 Å². The summed E-state index contributed by atoms with van der Waals surface area (Å²) in [6, 6.07) is 0.934. The Kier molecular flexibility index (Phi) is 5.14. The molecule has 0 radical (unpaired) electrons. The standard InChI is InChI=1S/C11H14BrNO3S/c1-3-4-7(11(15)16)13-10(14)8-5-6(2)9(12)17-8/h5,7H,3-4H2,1-2H3,(H,13,14)(H,15,16)/t7-/m0/s1. The summed E-state index contributed by atoms with van der Waals surface area (Å²) in [6.07, 6.45) is 1.15. The van der Waals surface area contributed by atoms with Crippen LogP contribution in [0.5, 0.6) is 0 Å². The molecule has 0 aliphatic heterocycles. The van der Waals surface area contributed by atoms with Crippen molar-refractivity contribution < 1.29 is 14.7 Å². The molecule has 1 aromatic rings. The van der Waals surface area contributed by atoms with Gasteiger partial charge in [0.1, 0.15) is 6.04 Å². The topological polar surface area (TPSA) is 66.4 Å². The fraction of sp³-hybridized carbons (Fsp3) is 0.455. The number of halogens is 1. The Morgan fingerprint density at radius 2 is 2.24 bits per heavy atom. The molecule has 0 aliphatic carbocycles. The average Bonchev–Trinajstić information content (AvgIpc) is 2.58. The van der Waals surface area contributed by atoms with Gasteiger partial charge in [-0.25, -0.2) is 4.79 Å². The maximum absolute atomic E-state index is 11.8. The third-order valence-corrected chi connectivity index (χ3v) is 4.40. The van der Waals surface area contributed by atoms with Crippen LogP contribution in [0.3, 0.4) is 0 Å². The number of carboxylic acid groups (broad SMARTS) is 1. The van der Waals surface area contributed by atoms with E-state index in [2.05, 4.69) is 21.2 Å². The molecule has 6 heteroatoms. The quantitative estimate of drug-likeness (QED) is 0.877. The van der Waals surface area contributed by atoms with Crippen LogP contribution in [0.15, 0.2) is 9.85 Å². The van der Waals surface area contributed by atoms with E-state index < -0.39 is 12.0 Å². The smallest absolute Gasteiger partial charge is 0.326 e. The number of aryl methyl sites for hydroxylation is 1. The van der Waals surface area contributed by atoms with Gasteiger partial charge in [-0.15, -0.1) is 11.3 Å². The zero-order valence-corrected chi connectivity index (χ0v) is 12.0. The molecule has 1 aromatic heterocycles. The Morgan fingerprint density at radius 3 is 2.65 bits per heavy atom. The number of nitrogens with one attached hydrogen (secondary N) is 1. The molecule has 1 heterocycles. The molecule has 0 fully saturated rings. The number of thiophene rings is 1. The maximum Gasteiger partial charge on any atom is 0.326 e. The number of hydrogen-bond acceptors (Lipinski definition) is 3. The van der Waals surface area contributed by atoms with E-state index in [0.29, 0.717) is 17.7 Å². The normalized spacial score (nSPS) is 12.2. The zero-order chi connectivity index (χ0) is 13.0. The highest BCUT2D eigenvalue weighted by Gasteiger charge is 2.20. The number of aliphatic carboxylic acids is 1. The minimum Gasteiger partial charge on any atom is -0.480 e. The maximum atomic E-state index is 11.8. The molecule has 94 valence electrons. The summed E-state index contributed by atoms with van der Waals surface area (Å²) in [4.78, 5) is 23.2. The van der Waals surface area contributed by atoms with Gasteiger partial charge in [-0.2, -0.15) is 0 Å². The molecule has 1 rings (SSSR count). The van der Waals surface area contributed by atoms with Crippen LogP contribution in [0.4, 0.5) is 0 Å². The Labute approximate surface area is 112 Å². The van der Waals surface area contributed by atoms with Crippen molar-refractivity contribution in [2.45, 2.75) is 32.7 Å². The summed E-state index contributed by atoms with van der Waals surface area (Å²) >= 11 is 4.64. The first kappa shape index (κ1) is 14.2. The van der Waals surface area contributed by atoms with Crippen LogP contribution in [0.2, 0.25) is 0 Å². The van der Waals surface area contributed by atoms with Crippen LogP contribution in [-0.2, 0) is 4.79 Å². The average molecular weight is 320 g/mol. The molecule has 0 saturated heterocycles. The Balaban J connectivity index is 2.73. The van der Waals surface area contributed by atoms with Gasteiger partial charge in [0.2, 0.25) is 0 Å². The molecule has 0 aromatic carbocycles. The fourth-order valence-corrected chi connectivity index (χ4v) is 2.79. The Hall–Kier alpha value is -0.880. The van der Waals surface area contributed by atoms with E-state index in [9.17, 15) is 9.59 Å². The first-order valence-corrected chi connectivity index (χ1v) is 6.86. The minimum atomic E-state index is -0.993. The van der Waals surface area contributed by atoms with Crippen LogP contribution >= 0.6 is 27.3 Å². The summed E-state index contributed by atoms with van der Waals surface area (Å²) < 4.78 is 0.894. The van der Waals surface area contributed by atoms with E-state index in [0.717, 1.165) is 9.35 Å². The van der Waals surface area contributed by atoms with Crippen LogP contribution in [0, 0.1) is 6.92 Å². The lowest BCUT2D eigenvalue weighted by Gasteiger charge is -2.12. The molecule has 1 amide bonds. The third kappa shape index (κ3) is 3.81. The lowest BCUT2D eigenvalue weighted by molar-refractivity contribution is -0.139. The number of amides is 1. The van der Waals surface area contributed by atoms with Gasteiger partial charge >= 0.3 is 5.97 Å². The molecule has 17 heavy (non-hydrogen) atoms. The van der Waals surface area contributed by atoms with E-state index in [4.69, 9.17) is 5.11 Å². The van der Waals surface area contributed by atoms with Gasteiger partial charge in [-0.05, 0) is 40.9 Å². The van der Waals surface area contributed by atoms with E-state index in [1.165, 1.54) is 11.3 Å². The number of carbonyl (C=O) groups excluding carboxylic acids is 1. The first-order chi connectivity index (χ1) is 7.95. The Bertz CT molecular complexity index is 411. The highest BCUT2D eigenvalue weighted by molar-refractivity contribution is 9.11. The summed E-state index contributed by atoms with van der Waals surface area (Å²) in [5.74, 6) is -1.32. The molecular formula is C11H14BrNO3S. The largest absolute Gasteiger partial charge is 0.480 e. The summed E-state index contributed by atoms with van der Waals surface area (Å²) in [5, 5.41) is 11.5. The summed E-state index contributed by atoms with van der Waals surface area (Å²) in [5.41, 5.74) is 0.975. The van der Waals surface area contributed by atoms with Crippen molar-refractivity contribution in [1.82, 2.24) is 5.32 Å². The van der Waals surface area contributed by atoms with Gasteiger partial charge in [0.15, 0.2) is 0 Å². The summed E-state index contributed by atoms with van der Waals surface area (Å²) in [7, 11) is 0. The molecule has 0 bridgehead atoms. The molecule has 0 saturated carbocycles. The van der Waals surface area contributed by atoms with Crippen molar-refractivity contribution in [3.8, 4) is 0 Å². The lowest BCUT2D eigenvalue weighted by Crippen LogP contribution is -2.40. The monoisotopic (exact) mass is 319 g/mol. The molecule has 0 aliphatic rings. The molecular weight excluding hydrogens is 306 g/mol. The third-order valence-electron chi connectivity index (χ3n) is 2.26. The van der Waals surface area contributed by atoms with Crippen molar-refractivity contribution >= 4 is 39.1 Å². The van der Waals surface area contributed by atoms with Crippen molar-refractivity contribution in [1.29, 1.82) is 0 Å². The second-order valence-electron chi connectivity index (χ2n) is 3.72. The second kappa shape index (κ2) is 6.16. The number of carboxylic acids is 1. The van der Waals surface area contributed by atoms with Gasteiger partial charge in [-0.3, -0.25) is 4.79 Å². The zero-order valence-electron chi connectivity index (χ0n) is 9.62. The van der Waals surface area contributed by atoms with Crippen molar-refractivity contribution in [2.24, 2.45) is 0 Å². The Morgan fingerprint density at radius 1 is 1.59 bits per heavy atom. The molecule has 4 nitrogen and oxygen atoms in total. The highest BCUT2D eigenvalue weighted by Crippen LogP contribution is 2.27. The first-order valence-electron chi connectivity index (χ1n) is 5.25. The predicted octanol–water partition coefficient (Wildman–Crippen LogP) is 2.80. The fourth-order valence-electron chi connectivity index (χ4n) is 1.35. The van der Waals surface area contributed by atoms with E-state index in [-0.39, 0.29) is 5.91 Å². The van der Waals surface area contributed by atoms with Gasteiger partial charge in [-0.1, -0.05) is 13.3 Å². The molecule has 0 spiro atoms. The van der Waals surface area contributed by atoms with Gasteiger partial charge in [0, 0.05) is 0 Å². The molecule has 2 N–H and O–H groups in total.